The molecule has 2 N–H and O–H groups in total. The Labute approximate surface area is 103 Å². The summed E-state index contributed by atoms with van der Waals surface area (Å²) in [5.41, 5.74) is 5.72. The smallest absolute Gasteiger partial charge is 0.00579 e. The van der Waals surface area contributed by atoms with E-state index in [4.69, 9.17) is 5.73 Å². The molecule has 1 heterocycles. The van der Waals surface area contributed by atoms with Crippen LogP contribution < -0.4 is 5.73 Å². The molecule has 1 unspecified atom stereocenters. The number of likely N-dealkylation sites (N-methyl/N-ethyl adjacent to an activating group) is 1. The summed E-state index contributed by atoms with van der Waals surface area (Å²) < 4.78 is 0. The Hall–Kier alpha value is -0.380. The van der Waals surface area contributed by atoms with E-state index in [9.17, 15) is 0 Å². The first-order chi connectivity index (χ1) is 7.68. The van der Waals surface area contributed by atoms with Crippen LogP contribution in [0.1, 0.15) is 31.1 Å². The molecular formula is C13H24N2S. The van der Waals surface area contributed by atoms with E-state index in [2.05, 4.69) is 36.4 Å². The van der Waals surface area contributed by atoms with Crippen LogP contribution in [0.5, 0.6) is 0 Å². The van der Waals surface area contributed by atoms with Crippen molar-refractivity contribution in [1.29, 1.82) is 0 Å². The molecule has 92 valence electrons. The molecular weight excluding hydrogens is 216 g/mol. The molecule has 0 aliphatic carbocycles. The van der Waals surface area contributed by atoms with E-state index < -0.39 is 0 Å². The third-order valence-electron chi connectivity index (χ3n) is 2.77. The second-order valence-electron chi connectivity index (χ2n) is 4.61. The van der Waals surface area contributed by atoms with Crippen LogP contribution in [0, 0.1) is 0 Å². The number of nitrogens with zero attached hydrogens (tertiary/aromatic N) is 1. The van der Waals surface area contributed by atoms with Gasteiger partial charge in [0.05, 0.1) is 0 Å². The molecule has 1 aromatic heterocycles. The number of hydrogen-bond donors (Lipinski definition) is 1. The Morgan fingerprint density at radius 3 is 2.81 bits per heavy atom. The van der Waals surface area contributed by atoms with Gasteiger partial charge in [0.1, 0.15) is 0 Å². The van der Waals surface area contributed by atoms with Crippen LogP contribution in [0.3, 0.4) is 0 Å². The molecule has 0 saturated heterocycles. The van der Waals surface area contributed by atoms with Crippen LogP contribution in [0.15, 0.2) is 17.5 Å². The molecule has 0 spiro atoms. The van der Waals surface area contributed by atoms with Crippen molar-refractivity contribution in [2.45, 2.75) is 38.6 Å². The van der Waals surface area contributed by atoms with Crippen molar-refractivity contribution in [2.75, 3.05) is 20.1 Å². The highest BCUT2D eigenvalue weighted by Gasteiger charge is 2.00. The molecule has 0 bridgehead atoms. The Morgan fingerprint density at radius 2 is 2.19 bits per heavy atom. The van der Waals surface area contributed by atoms with Crippen LogP contribution >= 0.6 is 11.3 Å². The molecule has 0 aromatic carbocycles. The molecule has 1 rings (SSSR count). The highest BCUT2D eigenvalue weighted by atomic mass is 32.1. The molecule has 1 aromatic rings. The first-order valence-corrected chi connectivity index (χ1v) is 7.03. The van der Waals surface area contributed by atoms with Gasteiger partial charge >= 0.3 is 0 Å². The van der Waals surface area contributed by atoms with Crippen molar-refractivity contribution >= 4 is 11.3 Å². The fourth-order valence-electron chi connectivity index (χ4n) is 1.72. The maximum absolute atomic E-state index is 5.72. The number of unbranched alkanes of at least 4 members (excludes halogenated alkanes) is 1. The summed E-state index contributed by atoms with van der Waals surface area (Å²) in [5, 5.41) is 2.15. The van der Waals surface area contributed by atoms with Crippen LogP contribution in [0.4, 0.5) is 0 Å². The van der Waals surface area contributed by atoms with Gasteiger partial charge in [-0.25, -0.2) is 0 Å². The highest BCUT2D eigenvalue weighted by Crippen LogP contribution is 2.09. The first-order valence-electron chi connectivity index (χ1n) is 6.15. The number of nitrogens with two attached hydrogens (primary N) is 1. The van der Waals surface area contributed by atoms with E-state index in [0.29, 0.717) is 6.04 Å². The molecule has 2 nitrogen and oxygen atoms in total. The van der Waals surface area contributed by atoms with Gasteiger partial charge in [0, 0.05) is 17.5 Å². The SMILES string of the molecule is CC(N)CCCCN(C)CCc1cccs1. The van der Waals surface area contributed by atoms with Gasteiger partial charge in [0.25, 0.3) is 0 Å². The zero-order valence-corrected chi connectivity index (χ0v) is 11.3. The molecule has 0 fully saturated rings. The predicted octanol–water partition coefficient (Wildman–Crippen LogP) is 2.74. The maximum Gasteiger partial charge on any atom is 0.00579 e. The minimum Gasteiger partial charge on any atom is -0.328 e. The summed E-state index contributed by atoms with van der Waals surface area (Å²) >= 11 is 1.85. The van der Waals surface area contributed by atoms with Gasteiger partial charge in [0.15, 0.2) is 0 Å². The van der Waals surface area contributed by atoms with E-state index in [1.165, 1.54) is 37.2 Å². The maximum atomic E-state index is 5.72. The van der Waals surface area contributed by atoms with Crippen molar-refractivity contribution in [2.24, 2.45) is 5.73 Å². The van der Waals surface area contributed by atoms with Gasteiger partial charge in [0.2, 0.25) is 0 Å². The fourth-order valence-corrected chi connectivity index (χ4v) is 2.41. The van der Waals surface area contributed by atoms with E-state index in [-0.39, 0.29) is 0 Å². The topological polar surface area (TPSA) is 29.3 Å². The molecule has 3 heteroatoms. The molecule has 1 atom stereocenters. The Balaban J connectivity index is 2.00. The van der Waals surface area contributed by atoms with Crippen molar-refractivity contribution in [3.8, 4) is 0 Å². The second-order valence-corrected chi connectivity index (χ2v) is 5.64. The van der Waals surface area contributed by atoms with Gasteiger partial charge in [-0.2, -0.15) is 0 Å². The molecule has 16 heavy (non-hydrogen) atoms. The van der Waals surface area contributed by atoms with Gasteiger partial charge in [-0.1, -0.05) is 12.5 Å². The number of rotatable bonds is 8. The van der Waals surface area contributed by atoms with Gasteiger partial charge < -0.3 is 10.6 Å². The Kier molecular flexibility index (Phi) is 6.69. The lowest BCUT2D eigenvalue weighted by Gasteiger charge is -2.16. The normalized spacial score (nSPS) is 13.2. The largest absolute Gasteiger partial charge is 0.328 e. The molecule has 0 aliphatic rings. The Bertz CT molecular complexity index is 257. The standard InChI is InChI=1S/C13H24N2S/c1-12(14)6-3-4-9-15(2)10-8-13-7-5-11-16-13/h5,7,11-12H,3-4,6,8-10,14H2,1-2H3. The van der Waals surface area contributed by atoms with Crippen LogP contribution in [-0.2, 0) is 6.42 Å². The summed E-state index contributed by atoms with van der Waals surface area (Å²) in [7, 11) is 2.21. The Morgan fingerprint density at radius 1 is 1.38 bits per heavy atom. The molecule has 0 amide bonds. The minimum atomic E-state index is 0.358. The van der Waals surface area contributed by atoms with Gasteiger partial charge in [-0.15, -0.1) is 11.3 Å². The first kappa shape index (κ1) is 13.7. The molecule has 0 radical (unpaired) electrons. The zero-order valence-electron chi connectivity index (χ0n) is 10.5. The number of thiophene rings is 1. The third kappa shape index (κ3) is 6.26. The van der Waals surface area contributed by atoms with E-state index in [0.717, 1.165) is 6.42 Å². The average Bonchev–Trinajstić information content (AvgIpc) is 2.74. The second kappa shape index (κ2) is 7.82. The third-order valence-corrected chi connectivity index (χ3v) is 3.71. The zero-order chi connectivity index (χ0) is 11.8. The summed E-state index contributed by atoms with van der Waals surface area (Å²) in [6.07, 6.45) is 4.85. The summed E-state index contributed by atoms with van der Waals surface area (Å²) in [6, 6.07) is 4.70. The van der Waals surface area contributed by atoms with Gasteiger partial charge in [-0.05, 0) is 51.2 Å². The highest BCUT2D eigenvalue weighted by molar-refractivity contribution is 7.09. The van der Waals surface area contributed by atoms with Crippen LogP contribution in [-0.4, -0.2) is 31.1 Å². The lowest BCUT2D eigenvalue weighted by molar-refractivity contribution is 0.327. The van der Waals surface area contributed by atoms with Crippen molar-refractivity contribution in [1.82, 2.24) is 4.90 Å². The summed E-state index contributed by atoms with van der Waals surface area (Å²) in [5.74, 6) is 0. The van der Waals surface area contributed by atoms with Crippen molar-refractivity contribution in [3.05, 3.63) is 22.4 Å². The summed E-state index contributed by atoms with van der Waals surface area (Å²) in [6.45, 7) is 4.44. The molecule has 0 saturated carbocycles. The fraction of sp³-hybridized carbons (Fsp3) is 0.692. The van der Waals surface area contributed by atoms with E-state index >= 15 is 0 Å². The van der Waals surface area contributed by atoms with Crippen LogP contribution in [0.25, 0.3) is 0 Å². The number of hydrogen-bond acceptors (Lipinski definition) is 3. The molecule has 0 aliphatic heterocycles. The van der Waals surface area contributed by atoms with E-state index in [1.54, 1.807) is 0 Å². The van der Waals surface area contributed by atoms with E-state index in [1.807, 2.05) is 11.3 Å². The lowest BCUT2D eigenvalue weighted by atomic mass is 10.1. The van der Waals surface area contributed by atoms with Gasteiger partial charge in [-0.3, -0.25) is 0 Å². The van der Waals surface area contributed by atoms with Crippen LogP contribution in [0.2, 0.25) is 0 Å². The van der Waals surface area contributed by atoms with Crippen molar-refractivity contribution < 1.29 is 0 Å². The average molecular weight is 240 g/mol. The van der Waals surface area contributed by atoms with Crippen molar-refractivity contribution in [3.63, 3.8) is 0 Å². The monoisotopic (exact) mass is 240 g/mol. The lowest BCUT2D eigenvalue weighted by Crippen LogP contribution is -2.23. The summed E-state index contributed by atoms with van der Waals surface area (Å²) in [4.78, 5) is 3.91. The quantitative estimate of drug-likeness (QED) is 0.708. The minimum absolute atomic E-state index is 0.358. The predicted molar refractivity (Wildman–Crippen MR) is 73.0 cm³/mol.